The smallest absolute Gasteiger partial charge is 0.144 e. The molecule has 1 aliphatic carbocycles. The van der Waals surface area contributed by atoms with Gasteiger partial charge in [0.2, 0.25) is 0 Å². The summed E-state index contributed by atoms with van der Waals surface area (Å²) in [7, 11) is 0. The summed E-state index contributed by atoms with van der Waals surface area (Å²) in [6.07, 6.45) is 8.01. The molecule has 0 unspecified atom stereocenters. The number of para-hydroxylation sites is 1. The van der Waals surface area contributed by atoms with Gasteiger partial charge in [-0.25, -0.2) is 0 Å². The molecule has 1 fully saturated rings. The topological polar surface area (TPSA) is 61.3 Å². The second kappa shape index (κ2) is 5.80. The van der Waals surface area contributed by atoms with E-state index in [9.17, 15) is 0 Å². The van der Waals surface area contributed by atoms with Gasteiger partial charge in [-0.1, -0.05) is 38.2 Å². The van der Waals surface area contributed by atoms with E-state index in [-0.39, 0.29) is 0 Å². The molecular weight excluding hydrogens is 212 g/mol. The highest BCUT2D eigenvalue weighted by atomic mass is 16.5. The number of hydrogen-bond donors (Lipinski definition) is 2. The molecule has 4 N–H and O–H groups in total. The van der Waals surface area contributed by atoms with Gasteiger partial charge in [0.05, 0.1) is 18.0 Å². The Hall–Kier alpha value is -1.38. The van der Waals surface area contributed by atoms with E-state index in [4.69, 9.17) is 16.2 Å². The van der Waals surface area contributed by atoms with Crippen LogP contribution in [0.5, 0.6) is 5.75 Å². The molecule has 94 valence electrons. The van der Waals surface area contributed by atoms with Crippen LogP contribution in [-0.2, 0) is 0 Å². The predicted molar refractivity (Wildman–Crippen MR) is 72.0 cm³/mol. The largest absolute Gasteiger partial charge is 0.491 e. The molecule has 0 aliphatic heterocycles. The van der Waals surface area contributed by atoms with Gasteiger partial charge in [-0.3, -0.25) is 0 Å². The summed E-state index contributed by atoms with van der Waals surface area (Å²) >= 11 is 0. The van der Waals surface area contributed by atoms with Gasteiger partial charge in [-0.15, -0.1) is 0 Å². The van der Waals surface area contributed by atoms with Crippen LogP contribution in [0.4, 0.5) is 11.4 Å². The highest BCUT2D eigenvalue weighted by molar-refractivity contribution is 5.70. The van der Waals surface area contributed by atoms with E-state index in [2.05, 4.69) is 0 Å². The molecule has 3 heteroatoms. The lowest BCUT2D eigenvalue weighted by molar-refractivity contribution is 0.247. The molecule has 1 aromatic rings. The average molecular weight is 234 g/mol. The molecule has 0 aromatic heterocycles. The molecule has 0 amide bonds. The van der Waals surface area contributed by atoms with Gasteiger partial charge in [-0.2, -0.15) is 0 Å². The minimum absolute atomic E-state index is 0.566. The lowest BCUT2D eigenvalue weighted by Crippen LogP contribution is -2.11. The first-order valence-electron chi connectivity index (χ1n) is 6.54. The number of ether oxygens (including phenoxy) is 1. The molecule has 0 saturated heterocycles. The highest BCUT2D eigenvalue weighted by Crippen LogP contribution is 2.29. The second-order valence-corrected chi connectivity index (χ2v) is 4.90. The van der Waals surface area contributed by atoms with E-state index in [1.165, 1.54) is 32.1 Å². The first kappa shape index (κ1) is 12.1. The van der Waals surface area contributed by atoms with Crippen LogP contribution in [-0.4, -0.2) is 6.61 Å². The number of rotatable bonds is 4. The molecule has 1 saturated carbocycles. The van der Waals surface area contributed by atoms with Gasteiger partial charge in [0, 0.05) is 0 Å². The highest BCUT2D eigenvalue weighted by Gasteiger charge is 2.13. The number of anilines is 2. The molecule has 2 rings (SSSR count). The Kier molecular flexibility index (Phi) is 4.13. The summed E-state index contributed by atoms with van der Waals surface area (Å²) in [4.78, 5) is 0. The Labute approximate surface area is 103 Å². The van der Waals surface area contributed by atoms with Gasteiger partial charge < -0.3 is 16.2 Å². The fourth-order valence-electron chi connectivity index (χ4n) is 2.50. The maximum Gasteiger partial charge on any atom is 0.144 e. The van der Waals surface area contributed by atoms with Crippen molar-refractivity contribution in [2.24, 2.45) is 5.92 Å². The van der Waals surface area contributed by atoms with Crippen molar-refractivity contribution in [1.82, 2.24) is 0 Å². The zero-order valence-corrected chi connectivity index (χ0v) is 10.3. The van der Waals surface area contributed by atoms with Crippen LogP contribution in [0.25, 0.3) is 0 Å². The normalized spacial score (nSPS) is 16.9. The first-order chi connectivity index (χ1) is 8.27. The first-order valence-corrected chi connectivity index (χ1v) is 6.54. The van der Waals surface area contributed by atoms with Crippen molar-refractivity contribution in [3.05, 3.63) is 18.2 Å². The van der Waals surface area contributed by atoms with E-state index in [1.807, 2.05) is 12.1 Å². The zero-order chi connectivity index (χ0) is 12.1. The summed E-state index contributed by atoms with van der Waals surface area (Å²) in [5, 5.41) is 0. The fourth-order valence-corrected chi connectivity index (χ4v) is 2.50. The van der Waals surface area contributed by atoms with Gasteiger partial charge in [0.25, 0.3) is 0 Å². The summed E-state index contributed by atoms with van der Waals surface area (Å²) < 4.78 is 5.72. The molecule has 0 radical (unpaired) electrons. The molecule has 1 aromatic carbocycles. The number of nitrogen functional groups attached to an aromatic ring is 2. The standard InChI is InChI=1S/C14H22N2O/c15-12-7-4-8-13(14(12)16)17-10-9-11-5-2-1-3-6-11/h4,7-8,11H,1-3,5-6,9-10,15-16H2. The zero-order valence-electron chi connectivity index (χ0n) is 10.3. The average Bonchev–Trinajstić information content (AvgIpc) is 2.36. The maximum atomic E-state index is 5.85. The molecular formula is C14H22N2O. The molecule has 0 heterocycles. The Morgan fingerprint density at radius 1 is 1.12 bits per heavy atom. The molecule has 0 spiro atoms. The van der Waals surface area contributed by atoms with Crippen molar-refractivity contribution in [3.8, 4) is 5.75 Å². The molecule has 0 atom stereocenters. The quantitative estimate of drug-likeness (QED) is 0.786. The lowest BCUT2D eigenvalue weighted by atomic mass is 9.87. The van der Waals surface area contributed by atoms with Crippen LogP contribution in [0.2, 0.25) is 0 Å². The third-order valence-electron chi connectivity index (χ3n) is 3.61. The van der Waals surface area contributed by atoms with E-state index < -0.39 is 0 Å². The van der Waals surface area contributed by atoms with Crippen LogP contribution < -0.4 is 16.2 Å². The van der Waals surface area contributed by atoms with Crippen molar-refractivity contribution < 1.29 is 4.74 Å². The Bertz CT molecular complexity index is 359. The summed E-state index contributed by atoms with van der Waals surface area (Å²) in [6.45, 7) is 0.748. The van der Waals surface area contributed by atoms with Crippen molar-refractivity contribution in [3.63, 3.8) is 0 Å². The van der Waals surface area contributed by atoms with Gasteiger partial charge >= 0.3 is 0 Å². The summed E-state index contributed by atoms with van der Waals surface area (Å²) in [6, 6.07) is 5.55. The Morgan fingerprint density at radius 3 is 2.65 bits per heavy atom. The minimum atomic E-state index is 0.566. The molecule has 1 aliphatic rings. The van der Waals surface area contributed by atoms with Crippen molar-refractivity contribution >= 4 is 11.4 Å². The van der Waals surface area contributed by atoms with Crippen LogP contribution in [0.1, 0.15) is 38.5 Å². The second-order valence-electron chi connectivity index (χ2n) is 4.90. The lowest BCUT2D eigenvalue weighted by Gasteiger charge is -2.21. The van der Waals surface area contributed by atoms with Crippen molar-refractivity contribution in [1.29, 1.82) is 0 Å². The van der Waals surface area contributed by atoms with Crippen molar-refractivity contribution in [2.45, 2.75) is 38.5 Å². The van der Waals surface area contributed by atoms with Gasteiger partial charge in [0.15, 0.2) is 0 Å². The van der Waals surface area contributed by atoms with Crippen LogP contribution in [0.15, 0.2) is 18.2 Å². The SMILES string of the molecule is Nc1cccc(OCCC2CCCCC2)c1N. The molecule has 3 nitrogen and oxygen atoms in total. The van der Waals surface area contributed by atoms with Crippen LogP contribution in [0.3, 0.4) is 0 Å². The van der Waals surface area contributed by atoms with E-state index >= 15 is 0 Å². The molecule has 0 bridgehead atoms. The molecule has 17 heavy (non-hydrogen) atoms. The van der Waals surface area contributed by atoms with E-state index in [1.54, 1.807) is 6.07 Å². The Morgan fingerprint density at radius 2 is 1.88 bits per heavy atom. The minimum Gasteiger partial charge on any atom is -0.491 e. The van der Waals surface area contributed by atoms with E-state index in [0.717, 1.165) is 24.7 Å². The fraction of sp³-hybridized carbons (Fsp3) is 0.571. The van der Waals surface area contributed by atoms with Gasteiger partial charge in [0.1, 0.15) is 5.75 Å². The maximum absolute atomic E-state index is 5.85. The number of benzene rings is 1. The monoisotopic (exact) mass is 234 g/mol. The Balaban J connectivity index is 1.79. The summed E-state index contributed by atoms with van der Waals surface area (Å²) in [5.74, 6) is 1.56. The predicted octanol–water partition coefficient (Wildman–Crippen LogP) is 3.20. The third-order valence-corrected chi connectivity index (χ3v) is 3.61. The van der Waals surface area contributed by atoms with Crippen molar-refractivity contribution in [2.75, 3.05) is 18.1 Å². The van der Waals surface area contributed by atoms with Crippen LogP contribution >= 0.6 is 0 Å². The van der Waals surface area contributed by atoms with E-state index in [0.29, 0.717) is 11.4 Å². The van der Waals surface area contributed by atoms with Gasteiger partial charge in [-0.05, 0) is 24.5 Å². The third kappa shape index (κ3) is 3.29. The number of hydrogen-bond acceptors (Lipinski definition) is 3. The van der Waals surface area contributed by atoms with Crippen LogP contribution in [0, 0.1) is 5.92 Å². The summed E-state index contributed by atoms with van der Waals surface area (Å²) in [5.41, 5.74) is 12.7. The number of nitrogens with two attached hydrogens (primary N) is 2.